The minimum atomic E-state index is -0.0261. The highest BCUT2D eigenvalue weighted by Gasteiger charge is 2.25. The van der Waals surface area contributed by atoms with Crippen LogP contribution in [0.5, 0.6) is 0 Å². The van der Waals surface area contributed by atoms with Crippen molar-refractivity contribution in [3.63, 3.8) is 0 Å². The molecule has 11 heteroatoms. The van der Waals surface area contributed by atoms with Crippen LogP contribution in [0.25, 0.3) is 11.6 Å². The highest BCUT2D eigenvalue weighted by atomic mass is 127. The predicted octanol–water partition coefficient (Wildman–Crippen LogP) is 1.57. The second-order valence-corrected chi connectivity index (χ2v) is 6.24. The van der Waals surface area contributed by atoms with Crippen LogP contribution in [-0.4, -0.2) is 62.6 Å². The zero-order chi connectivity index (χ0) is 18.6. The number of morpholine rings is 1. The van der Waals surface area contributed by atoms with Crippen molar-refractivity contribution in [1.29, 1.82) is 0 Å². The molecule has 0 radical (unpaired) electrons. The molecule has 150 valence electrons. The average Bonchev–Trinajstić information content (AvgIpc) is 3.44. The lowest BCUT2D eigenvalue weighted by Gasteiger charge is -2.34. The van der Waals surface area contributed by atoms with Crippen molar-refractivity contribution in [2.75, 3.05) is 26.7 Å². The first-order valence-electron chi connectivity index (χ1n) is 8.74. The van der Waals surface area contributed by atoms with Crippen LogP contribution in [0, 0.1) is 0 Å². The Morgan fingerprint density at radius 1 is 1.46 bits per heavy atom. The summed E-state index contributed by atoms with van der Waals surface area (Å²) in [5, 5.41) is 14.7. The van der Waals surface area contributed by atoms with Crippen LogP contribution in [-0.2, 0) is 18.3 Å². The molecule has 1 saturated heterocycles. The number of ether oxygens (including phenoxy) is 1. The number of furan rings is 1. The van der Waals surface area contributed by atoms with Crippen molar-refractivity contribution in [3.8, 4) is 11.6 Å². The lowest BCUT2D eigenvalue weighted by atomic mass is 10.1. The van der Waals surface area contributed by atoms with Crippen LogP contribution in [0.4, 0.5) is 0 Å². The van der Waals surface area contributed by atoms with E-state index in [0.29, 0.717) is 37.1 Å². The van der Waals surface area contributed by atoms with Crippen LogP contribution >= 0.6 is 24.0 Å². The van der Waals surface area contributed by atoms with E-state index in [0.717, 1.165) is 18.1 Å². The number of hydrogen-bond acceptors (Lipinski definition) is 6. The second kappa shape index (κ2) is 9.19. The van der Waals surface area contributed by atoms with E-state index in [2.05, 4.69) is 35.5 Å². The third-order valence-electron chi connectivity index (χ3n) is 4.36. The van der Waals surface area contributed by atoms with E-state index in [1.165, 1.54) is 0 Å². The first-order chi connectivity index (χ1) is 13.2. The number of rotatable bonds is 4. The fourth-order valence-electron chi connectivity index (χ4n) is 3.04. The quantitative estimate of drug-likeness (QED) is 0.319. The summed E-state index contributed by atoms with van der Waals surface area (Å²) in [5.74, 6) is 2.67. The van der Waals surface area contributed by atoms with E-state index in [1.807, 2.05) is 31.6 Å². The molecule has 1 fully saturated rings. The SMILES string of the molecule is CN=C(NCc1nc(-c2ccco2)n[nH]1)N1CCOC(c2cnn(C)c2)C1.I. The summed E-state index contributed by atoms with van der Waals surface area (Å²) in [6.45, 7) is 2.59. The summed E-state index contributed by atoms with van der Waals surface area (Å²) >= 11 is 0. The molecule has 0 aromatic carbocycles. The predicted molar refractivity (Wildman–Crippen MR) is 113 cm³/mol. The first-order valence-corrected chi connectivity index (χ1v) is 8.74. The van der Waals surface area contributed by atoms with Crippen LogP contribution in [0.1, 0.15) is 17.5 Å². The number of H-pyrrole nitrogens is 1. The molecule has 1 atom stereocenters. The van der Waals surface area contributed by atoms with Crippen LogP contribution in [0.2, 0.25) is 0 Å². The minimum absolute atomic E-state index is 0. The number of aliphatic imine (C=N–C) groups is 1. The highest BCUT2D eigenvalue weighted by Crippen LogP contribution is 2.21. The summed E-state index contributed by atoms with van der Waals surface area (Å²) in [5.41, 5.74) is 1.07. The molecule has 0 bridgehead atoms. The van der Waals surface area contributed by atoms with Gasteiger partial charge in [0, 0.05) is 32.4 Å². The van der Waals surface area contributed by atoms with Gasteiger partial charge in [0.15, 0.2) is 11.7 Å². The van der Waals surface area contributed by atoms with Gasteiger partial charge in [-0.05, 0) is 12.1 Å². The maximum Gasteiger partial charge on any atom is 0.216 e. The Kier molecular flexibility index (Phi) is 6.67. The van der Waals surface area contributed by atoms with Crippen molar-refractivity contribution >= 4 is 29.9 Å². The number of nitrogens with one attached hydrogen (secondary N) is 2. The van der Waals surface area contributed by atoms with Gasteiger partial charge in [-0.25, -0.2) is 4.98 Å². The van der Waals surface area contributed by atoms with E-state index in [9.17, 15) is 0 Å². The van der Waals surface area contributed by atoms with Gasteiger partial charge >= 0.3 is 0 Å². The Morgan fingerprint density at radius 2 is 2.36 bits per heavy atom. The fraction of sp³-hybridized carbons (Fsp3) is 0.412. The molecule has 3 aromatic rings. The Balaban J connectivity index is 0.00000225. The first kappa shape index (κ1) is 20.3. The monoisotopic (exact) mass is 498 g/mol. The lowest BCUT2D eigenvalue weighted by Crippen LogP contribution is -2.48. The normalized spacial score (nSPS) is 17.4. The van der Waals surface area contributed by atoms with Gasteiger partial charge in [0.2, 0.25) is 5.82 Å². The summed E-state index contributed by atoms with van der Waals surface area (Å²) < 4.78 is 13.0. The van der Waals surface area contributed by atoms with Gasteiger partial charge in [-0.15, -0.1) is 29.1 Å². The third kappa shape index (κ3) is 4.52. The summed E-state index contributed by atoms with van der Waals surface area (Å²) in [7, 11) is 3.67. The van der Waals surface area contributed by atoms with E-state index in [4.69, 9.17) is 9.15 Å². The molecule has 28 heavy (non-hydrogen) atoms. The van der Waals surface area contributed by atoms with Gasteiger partial charge in [0.05, 0.1) is 32.2 Å². The Bertz CT molecular complexity index is 904. The van der Waals surface area contributed by atoms with E-state index in [1.54, 1.807) is 18.0 Å². The van der Waals surface area contributed by atoms with E-state index >= 15 is 0 Å². The van der Waals surface area contributed by atoms with Gasteiger partial charge in [-0.3, -0.25) is 14.8 Å². The Hall–Kier alpha value is -2.41. The smallest absolute Gasteiger partial charge is 0.216 e. The summed E-state index contributed by atoms with van der Waals surface area (Å²) in [6, 6.07) is 3.63. The maximum absolute atomic E-state index is 5.89. The fourth-order valence-corrected chi connectivity index (χ4v) is 3.04. The van der Waals surface area contributed by atoms with Crippen LogP contribution in [0.3, 0.4) is 0 Å². The topological polar surface area (TPSA) is 109 Å². The van der Waals surface area contributed by atoms with Crippen LogP contribution in [0.15, 0.2) is 40.2 Å². The minimum Gasteiger partial charge on any atom is -0.461 e. The number of guanidine groups is 1. The Morgan fingerprint density at radius 3 is 3.07 bits per heavy atom. The van der Waals surface area contributed by atoms with Crippen molar-refractivity contribution in [2.24, 2.45) is 12.0 Å². The molecule has 0 saturated carbocycles. The molecular formula is C17H23IN8O2. The van der Waals surface area contributed by atoms with Crippen molar-refractivity contribution < 1.29 is 9.15 Å². The van der Waals surface area contributed by atoms with E-state index in [-0.39, 0.29) is 30.1 Å². The lowest BCUT2D eigenvalue weighted by molar-refractivity contribution is -0.00806. The largest absolute Gasteiger partial charge is 0.461 e. The number of hydrogen-bond donors (Lipinski definition) is 2. The summed E-state index contributed by atoms with van der Waals surface area (Å²) in [4.78, 5) is 11.0. The molecule has 3 aromatic heterocycles. The molecule has 0 aliphatic carbocycles. The summed E-state index contributed by atoms with van der Waals surface area (Å²) in [6.07, 6.45) is 5.40. The van der Waals surface area contributed by atoms with E-state index < -0.39 is 0 Å². The van der Waals surface area contributed by atoms with Gasteiger partial charge in [-0.1, -0.05) is 0 Å². The van der Waals surface area contributed by atoms with Crippen molar-refractivity contribution in [2.45, 2.75) is 12.6 Å². The molecule has 1 aliphatic rings. The number of nitrogens with zero attached hydrogens (tertiary/aromatic N) is 6. The number of aromatic amines is 1. The molecule has 2 N–H and O–H groups in total. The number of aromatic nitrogens is 5. The molecule has 10 nitrogen and oxygen atoms in total. The molecule has 4 rings (SSSR count). The molecule has 1 unspecified atom stereocenters. The van der Waals surface area contributed by atoms with Gasteiger partial charge in [0.1, 0.15) is 11.9 Å². The van der Waals surface area contributed by atoms with Gasteiger partial charge in [-0.2, -0.15) is 5.10 Å². The van der Waals surface area contributed by atoms with Gasteiger partial charge in [0.25, 0.3) is 0 Å². The van der Waals surface area contributed by atoms with Gasteiger partial charge < -0.3 is 19.4 Å². The standard InChI is InChI=1S/C17H22N8O2.HI/c1-18-17(19-9-15-21-16(23-22-15)13-4-3-6-26-13)25-5-7-27-14(11-25)12-8-20-24(2)10-12;/h3-4,6,8,10,14H,5,7,9,11H2,1-2H3,(H,18,19)(H,21,22,23);1H. The van der Waals surface area contributed by atoms with Crippen molar-refractivity contribution in [1.82, 2.24) is 35.2 Å². The molecule has 0 spiro atoms. The van der Waals surface area contributed by atoms with Crippen LogP contribution < -0.4 is 5.32 Å². The molecule has 4 heterocycles. The average molecular weight is 498 g/mol. The second-order valence-electron chi connectivity index (χ2n) is 6.24. The number of aryl methyl sites for hydroxylation is 1. The molecule has 0 amide bonds. The molecule has 1 aliphatic heterocycles. The Labute approximate surface area is 179 Å². The zero-order valence-electron chi connectivity index (χ0n) is 15.7. The maximum atomic E-state index is 5.89. The highest BCUT2D eigenvalue weighted by molar-refractivity contribution is 14.0. The number of halogens is 1. The van der Waals surface area contributed by atoms with Crippen molar-refractivity contribution in [3.05, 3.63) is 42.2 Å². The zero-order valence-corrected chi connectivity index (χ0v) is 18.0. The molecular weight excluding hydrogens is 475 g/mol. The third-order valence-corrected chi connectivity index (χ3v) is 4.36.